The first-order chi connectivity index (χ1) is 5.84. The van der Waals surface area contributed by atoms with Crippen molar-refractivity contribution in [3.63, 3.8) is 0 Å². The summed E-state index contributed by atoms with van der Waals surface area (Å²) in [5.74, 6) is 3.44. The van der Waals surface area contributed by atoms with Crippen molar-refractivity contribution >= 4 is 11.8 Å². The molecular formula is C10H21NS. The van der Waals surface area contributed by atoms with Crippen LogP contribution in [0.5, 0.6) is 0 Å². The highest BCUT2D eigenvalue weighted by Crippen LogP contribution is 2.28. The molecule has 0 saturated heterocycles. The van der Waals surface area contributed by atoms with Crippen LogP contribution in [0, 0.1) is 5.92 Å². The van der Waals surface area contributed by atoms with Gasteiger partial charge in [0.05, 0.1) is 0 Å². The molecule has 0 aromatic carbocycles. The minimum absolute atomic E-state index is 0.525. The molecule has 0 aliphatic heterocycles. The van der Waals surface area contributed by atoms with Crippen molar-refractivity contribution in [1.29, 1.82) is 0 Å². The van der Waals surface area contributed by atoms with Crippen LogP contribution in [0.4, 0.5) is 0 Å². The van der Waals surface area contributed by atoms with Crippen LogP contribution < -0.4 is 5.73 Å². The highest BCUT2D eigenvalue weighted by molar-refractivity contribution is 7.99. The van der Waals surface area contributed by atoms with E-state index in [2.05, 4.69) is 18.7 Å². The summed E-state index contributed by atoms with van der Waals surface area (Å²) in [5.41, 5.74) is 5.99. The molecule has 2 atom stereocenters. The Balaban J connectivity index is 1.98. The van der Waals surface area contributed by atoms with Crippen molar-refractivity contribution in [3.05, 3.63) is 0 Å². The Bertz CT molecular complexity index is 116. The van der Waals surface area contributed by atoms with Gasteiger partial charge in [-0.25, -0.2) is 0 Å². The van der Waals surface area contributed by atoms with E-state index in [0.29, 0.717) is 6.04 Å². The van der Waals surface area contributed by atoms with Crippen molar-refractivity contribution in [2.75, 3.05) is 11.5 Å². The lowest BCUT2D eigenvalue weighted by atomic mass is 9.99. The maximum absolute atomic E-state index is 5.99. The van der Waals surface area contributed by atoms with Crippen LogP contribution in [0.1, 0.15) is 39.0 Å². The van der Waals surface area contributed by atoms with Crippen LogP contribution in [-0.2, 0) is 0 Å². The van der Waals surface area contributed by atoms with Gasteiger partial charge in [0.2, 0.25) is 0 Å². The molecule has 0 radical (unpaired) electrons. The van der Waals surface area contributed by atoms with Crippen LogP contribution in [0.25, 0.3) is 0 Å². The van der Waals surface area contributed by atoms with Crippen molar-refractivity contribution in [2.45, 2.75) is 45.1 Å². The minimum atomic E-state index is 0.525. The molecule has 0 spiro atoms. The normalized spacial score (nSPS) is 29.5. The van der Waals surface area contributed by atoms with Crippen molar-refractivity contribution < 1.29 is 0 Å². The molecular weight excluding hydrogens is 166 g/mol. The van der Waals surface area contributed by atoms with Crippen LogP contribution in [0.3, 0.4) is 0 Å². The number of hydrogen-bond acceptors (Lipinski definition) is 2. The molecule has 1 aliphatic carbocycles. The van der Waals surface area contributed by atoms with E-state index in [4.69, 9.17) is 5.73 Å². The van der Waals surface area contributed by atoms with Crippen molar-refractivity contribution in [3.8, 4) is 0 Å². The third-order valence-electron chi connectivity index (χ3n) is 2.79. The highest BCUT2D eigenvalue weighted by Gasteiger charge is 2.22. The molecule has 1 fully saturated rings. The second kappa shape index (κ2) is 5.87. The monoisotopic (exact) mass is 187 g/mol. The second-order valence-corrected chi connectivity index (χ2v) is 5.09. The summed E-state index contributed by atoms with van der Waals surface area (Å²) in [6.45, 7) is 2.23. The van der Waals surface area contributed by atoms with Gasteiger partial charge in [-0.2, -0.15) is 11.8 Å². The minimum Gasteiger partial charge on any atom is -0.327 e. The summed E-state index contributed by atoms with van der Waals surface area (Å²) in [6.07, 6.45) is 6.77. The molecule has 2 N–H and O–H groups in total. The first kappa shape index (κ1) is 10.4. The van der Waals surface area contributed by atoms with E-state index in [1.807, 2.05) is 0 Å². The lowest BCUT2D eigenvalue weighted by Crippen LogP contribution is -2.24. The molecule has 1 rings (SSSR count). The zero-order valence-corrected chi connectivity index (χ0v) is 8.91. The molecule has 1 aliphatic rings. The topological polar surface area (TPSA) is 26.0 Å². The molecule has 0 amide bonds. The summed E-state index contributed by atoms with van der Waals surface area (Å²) >= 11 is 2.05. The van der Waals surface area contributed by atoms with Crippen LogP contribution >= 0.6 is 11.8 Å². The summed E-state index contributed by atoms with van der Waals surface area (Å²) < 4.78 is 0. The summed E-state index contributed by atoms with van der Waals surface area (Å²) in [5, 5.41) is 0. The van der Waals surface area contributed by atoms with Gasteiger partial charge in [-0.1, -0.05) is 13.3 Å². The second-order valence-electron chi connectivity index (χ2n) is 3.69. The Morgan fingerprint density at radius 2 is 2.25 bits per heavy atom. The summed E-state index contributed by atoms with van der Waals surface area (Å²) in [6, 6.07) is 0.525. The Morgan fingerprint density at radius 3 is 2.83 bits per heavy atom. The first-order valence-electron chi connectivity index (χ1n) is 5.18. The van der Waals surface area contributed by atoms with Gasteiger partial charge in [0.15, 0.2) is 0 Å². The highest BCUT2D eigenvalue weighted by atomic mass is 32.2. The fraction of sp³-hybridized carbons (Fsp3) is 1.00. The van der Waals surface area contributed by atoms with E-state index in [1.165, 1.54) is 43.6 Å². The molecule has 1 nitrogen and oxygen atoms in total. The van der Waals surface area contributed by atoms with Gasteiger partial charge in [-0.15, -0.1) is 0 Å². The van der Waals surface area contributed by atoms with Crippen LogP contribution in [-0.4, -0.2) is 17.5 Å². The van der Waals surface area contributed by atoms with Gasteiger partial charge >= 0.3 is 0 Å². The molecule has 72 valence electrons. The Kier molecular flexibility index (Phi) is 5.08. The summed E-state index contributed by atoms with van der Waals surface area (Å²) in [7, 11) is 0. The Morgan fingerprint density at radius 1 is 1.42 bits per heavy atom. The number of hydrogen-bond donors (Lipinski definition) is 1. The average molecular weight is 187 g/mol. The molecule has 1 saturated carbocycles. The third kappa shape index (κ3) is 3.36. The van der Waals surface area contributed by atoms with E-state index < -0.39 is 0 Å². The van der Waals surface area contributed by atoms with Crippen molar-refractivity contribution in [2.24, 2.45) is 11.7 Å². The third-order valence-corrected chi connectivity index (χ3v) is 3.77. The van der Waals surface area contributed by atoms with Gasteiger partial charge < -0.3 is 5.73 Å². The van der Waals surface area contributed by atoms with Gasteiger partial charge in [0.1, 0.15) is 0 Å². The zero-order chi connectivity index (χ0) is 8.81. The standard InChI is InChI=1S/C10H21NS/c1-2-12-8-4-6-9-5-3-7-10(9)11/h9-10H,2-8,11H2,1H3. The average Bonchev–Trinajstić information content (AvgIpc) is 2.46. The zero-order valence-electron chi connectivity index (χ0n) is 8.09. The van der Waals surface area contributed by atoms with Crippen LogP contribution in [0.2, 0.25) is 0 Å². The van der Waals surface area contributed by atoms with E-state index in [1.54, 1.807) is 0 Å². The van der Waals surface area contributed by atoms with Gasteiger partial charge in [0, 0.05) is 6.04 Å². The summed E-state index contributed by atoms with van der Waals surface area (Å²) in [4.78, 5) is 0. The fourth-order valence-electron chi connectivity index (χ4n) is 2.02. The van der Waals surface area contributed by atoms with E-state index >= 15 is 0 Å². The van der Waals surface area contributed by atoms with Crippen molar-refractivity contribution in [1.82, 2.24) is 0 Å². The van der Waals surface area contributed by atoms with E-state index in [-0.39, 0.29) is 0 Å². The molecule has 0 aromatic rings. The Hall–Kier alpha value is 0.310. The SMILES string of the molecule is CCSCCCC1CCCC1N. The van der Waals surface area contributed by atoms with Gasteiger partial charge in [-0.3, -0.25) is 0 Å². The number of nitrogens with two attached hydrogens (primary N) is 1. The molecule has 2 heteroatoms. The number of thioether (sulfide) groups is 1. The smallest absolute Gasteiger partial charge is 0.00671 e. The molecule has 0 heterocycles. The first-order valence-corrected chi connectivity index (χ1v) is 6.33. The predicted molar refractivity (Wildman–Crippen MR) is 57.5 cm³/mol. The van der Waals surface area contributed by atoms with E-state index in [0.717, 1.165) is 5.92 Å². The molecule has 2 unspecified atom stereocenters. The Labute approximate surface area is 80.5 Å². The largest absolute Gasteiger partial charge is 0.327 e. The fourth-order valence-corrected chi connectivity index (χ4v) is 2.68. The molecule has 0 aromatic heterocycles. The van der Waals surface area contributed by atoms with Crippen LogP contribution in [0.15, 0.2) is 0 Å². The maximum Gasteiger partial charge on any atom is 0.00671 e. The molecule has 0 bridgehead atoms. The van der Waals surface area contributed by atoms with Gasteiger partial charge in [-0.05, 0) is 43.1 Å². The van der Waals surface area contributed by atoms with E-state index in [9.17, 15) is 0 Å². The molecule has 12 heavy (non-hydrogen) atoms. The quantitative estimate of drug-likeness (QED) is 0.670. The maximum atomic E-state index is 5.99. The lowest BCUT2D eigenvalue weighted by Gasteiger charge is -2.14. The number of rotatable bonds is 5. The van der Waals surface area contributed by atoms with Gasteiger partial charge in [0.25, 0.3) is 0 Å². The lowest BCUT2D eigenvalue weighted by molar-refractivity contribution is 0.443. The predicted octanol–water partition coefficient (Wildman–Crippen LogP) is 2.65.